The van der Waals surface area contributed by atoms with E-state index in [1.807, 2.05) is 0 Å². The largest absolute Gasteiger partial charge is 0.388 e. The Morgan fingerprint density at radius 1 is 1.31 bits per heavy atom. The van der Waals surface area contributed by atoms with Gasteiger partial charge in [0.15, 0.2) is 0 Å². The van der Waals surface area contributed by atoms with E-state index in [1.54, 1.807) is 18.2 Å². The Balaban J connectivity index is 2.82. The van der Waals surface area contributed by atoms with Gasteiger partial charge < -0.3 is 10.8 Å². The number of aliphatic hydroxyl groups is 1. The minimum Gasteiger partial charge on any atom is -0.388 e. The van der Waals surface area contributed by atoms with Gasteiger partial charge in [-0.05, 0) is 24.9 Å². The summed E-state index contributed by atoms with van der Waals surface area (Å²) in [6, 6.07) is 6.32. The summed E-state index contributed by atoms with van der Waals surface area (Å²) in [5, 5.41) is 10.1. The van der Waals surface area contributed by atoms with Crippen molar-refractivity contribution in [3.8, 4) is 0 Å². The minimum atomic E-state index is -0.811. The number of rotatable bonds is 5. The Kier molecular flexibility index (Phi) is 4.90. The molecule has 0 amide bonds. The van der Waals surface area contributed by atoms with Crippen molar-refractivity contribution in [3.05, 3.63) is 35.6 Å². The molecule has 0 spiro atoms. The maximum Gasteiger partial charge on any atom is 0.129 e. The average molecular weight is 225 g/mol. The van der Waals surface area contributed by atoms with Crippen LogP contribution in [0.1, 0.15) is 31.9 Å². The van der Waals surface area contributed by atoms with Gasteiger partial charge in [0.25, 0.3) is 0 Å². The summed E-state index contributed by atoms with van der Waals surface area (Å²) in [5.74, 6) is -0.0101. The first-order valence-electron chi connectivity index (χ1n) is 5.68. The molecular formula is C13H20FNO. The molecule has 2 atom stereocenters. The number of nitrogens with two attached hydrogens (primary N) is 1. The minimum absolute atomic E-state index is 0.0862. The topological polar surface area (TPSA) is 46.2 Å². The summed E-state index contributed by atoms with van der Waals surface area (Å²) in [6.45, 7) is 4.50. The van der Waals surface area contributed by atoms with Gasteiger partial charge >= 0.3 is 0 Å². The van der Waals surface area contributed by atoms with Crippen molar-refractivity contribution < 1.29 is 9.50 Å². The molecule has 0 fully saturated rings. The van der Waals surface area contributed by atoms with Crippen molar-refractivity contribution in [2.75, 3.05) is 6.54 Å². The van der Waals surface area contributed by atoms with E-state index in [2.05, 4.69) is 13.8 Å². The lowest BCUT2D eigenvalue weighted by Gasteiger charge is -2.23. The van der Waals surface area contributed by atoms with Gasteiger partial charge in [-0.3, -0.25) is 0 Å². The average Bonchev–Trinajstić information content (AvgIpc) is 2.25. The summed E-state index contributed by atoms with van der Waals surface area (Å²) in [7, 11) is 0. The zero-order valence-electron chi connectivity index (χ0n) is 9.86. The number of hydrogen-bond donors (Lipinski definition) is 2. The molecule has 0 aromatic heterocycles. The Bertz CT molecular complexity index is 327. The smallest absolute Gasteiger partial charge is 0.129 e. The fourth-order valence-electron chi connectivity index (χ4n) is 1.93. The van der Waals surface area contributed by atoms with E-state index in [4.69, 9.17) is 5.73 Å². The Morgan fingerprint density at radius 2 is 1.94 bits per heavy atom. The molecule has 0 aliphatic rings. The molecule has 0 aliphatic carbocycles. The quantitative estimate of drug-likeness (QED) is 0.808. The van der Waals surface area contributed by atoms with Crippen LogP contribution in [0.2, 0.25) is 0 Å². The van der Waals surface area contributed by atoms with Gasteiger partial charge in [0.2, 0.25) is 0 Å². The normalized spacial score (nSPS) is 15.1. The fourth-order valence-corrected chi connectivity index (χ4v) is 1.93. The van der Waals surface area contributed by atoms with E-state index in [-0.39, 0.29) is 11.7 Å². The molecular weight excluding hydrogens is 205 g/mol. The number of hydrogen-bond acceptors (Lipinski definition) is 2. The lowest BCUT2D eigenvalue weighted by atomic mass is 9.88. The summed E-state index contributed by atoms with van der Waals surface area (Å²) in [4.78, 5) is 0. The second-order valence-corrected chi connectivity index (χ2v) is 4.59. The Hall–Kier alpha value is -0.930. The maximum atomic E-state index is 13.5. The molecule has 3 heteroatoms. The van der Waals surface area contributed by atoms with Crippen LogP contribution < -0.4 is 5.73 Å². The molecule has 2 unspecified atom stereocenters. The SMILES string of the molecule is CC(C)CC(CN)C(O)c1ccccc1F. The van der Waals surface area contributed by atoms with E-state index in [9.17, 15) is 9.50 Å². The zero-order valence-corrected chi connectivity index (χ0v) is 9.86. The zero-order chi connectivity index (χ0) is 12.1. The van der Waals surface area contributed by atoms with Gasteiger partial charge in [0.05, 0.1) is 6.10 Å². The Morgan fingerprint density at radius 3 is 2.44 bits per heavy atom. The van der Waals surface area contributed by atoms with E-state index in [0.717, 1.165) is 6.42 Å². The molecule has 1 aromatic carbocycles. The molecule has 0 aliphatic heterocycles. The maximum absolute atomic E-state index is 13.5. The third kappa shape index (κ3) is 3.29. The van der Waals surface area contributed by atoms with Gasteiger partial charge in [0.1, 0.15) is 5.82 Å². The third-order valence-electron chi connectivity index (χ3n) is 2.75. The highest BCUT2D eigenvalue weighted by Gasteiger charge is 2.22. The standard InChI is InChI=1S/C13H20FNO/c1-9(2)7-10(8-15)13(16)11-5-3-4-6-12(11)14/h3-6,9-10,13,16H,7-8,15H2,1-2H3. The highest BCUT2D eigenvalue weighted by atomic mass is 19.1. The molecule has 0 radical (unpaired) electrons. The number of aliphatic hydroxyl groups excluding tert-OH is 1. The predicted octanol–water partition coefficient (Wildman–Crippen LogP) is 2.48. The molecule has 0 bridgehead atoms. The first-order valence-corrected chi connectivity index (χ1v) is 5.68. The molecule has 0 saturated carbocycles. The van der Waals surface area contributed by atoms with Crippen molar-refractivity contribution in [1.29, 1.82) is 0 Å². The lowest BCUT2D eigenvalue weighted by molar-refractivity contribution is 0.0960. The summed E-state index contributed by atoms with van der Waals surface area (Å²) >= 11 is 0. The number of halogens is 1. The molecule has 0 saturated heterocycles. The molecule has 0 heterocycles. The van der Waals surface area contributed by atoms with Gasteiger partial charge in [-0.2, -0.15) is 0 Å². The molecule has 2 nitrogen and oxygen atoms in total. The van der Waals surface area contributed by atoms with Crippen molar-refractivity contribution in [3.63, 3.8) is 0 Å². The predicted molar refractivity (Wildman–Crippen MR) is 63.4 cm³/mol. The van der Waals surface area contributed by atoms with Gasteiger partial charge in [-0.15, -0.1) is 0 Å². The molecule has 3 N–H and O–H groups in total. The van der Waals surface area contributed by atoms with E-state index in [0.29, 0.717) is 18.0 Å². The third-order valence-corrected chi connectivity index (χ3v) is 2.75. The second kappa shape index (κ2) is 5.97. The molecule has 90 valence electrons. The summed E-state index contributed by atoms with van der Waals surface area (Å²) < 4.78 is 13.5. The summed E-state index contributed by atoms with van der Waals surface area (Å²) in [5.41, 5.74) is 5.97. The van der Waals surface area contributed by atoms with Crippen LogP contribution in [-0.4, -0.2) is 11.7 Å². The van der Waals surface area contributed by atoms with Crippen LogP contribution in [0, 0.1) is 17.7 Å². The first-order chi connectivity index (χ1) is 7.56. The van der Waals surface area contributed by atoms with Crippen LogP contribution in [0.5, 0.6) is 0 Å². The molecule has 1 aromatic rings. The Labute approximate surface area is 96.3 Å². The molecule has 16 heavy (non-hydrogen) atoms. The van der Waals surface area contributed by atoms with E-state index < -0.39 is 6.10 Å². The van der Waals surface area contributed by atoms with Crippen molar-refractivity contribution >= 4 is 0 Å². The van der Waals surface area contributed by atoms with Crippen molar-refractivity contribution in [2.24, 2.45) is 17.6 Å². The van der Waals surface area contributed by atoms with Crippen LogP contribution >= 0.6 is 0 Å². The van der Waals surface area contributed by atoms with Crippen molar-refractivity contribution in [1.82, 2.24) is 0 Å². The van der Waals surface area contributed by atoms with Crippen LogP contribution in [0.15, 0.2) is 24.3 Å². The lowest BCUT2D eigenvalue weighted by Crippen LogP contribution is -2.24. The van der Waals surface area contributed by atoms with Gasteiger partial charge in [-0.25, -0.2) is 4.39 Å². The van der Waals surface area contributed by atoms with E-state index >= 15 is 0 Å². The molecule has 1 rings (SSSR count). The highest BCUT2D eigenvalue weighted by molar-refractivity contribution is 5.20. The van der Waals surface area contributed by atoms with Crippen LogP contribution in [0.4, 0.5) is 4.39 Å². The second-order valence-electron chi connectivity index (χ2n) is 4.59. The fraction of sp³-hybridized carbons (Fsp3) is 0.538. The van der Waals surface area contributed by atoms with E-state index in [1.165, 1.54) is 6.07 Å². The van der Waals surface area contributed by atoms with Crippen molar-refractivity contribution in [2.45, 2.75) is 26.4 Å². The van der Waals surface area contributed by atoms with Crippen LogP contribution in [0.25, 0.3) is 0 Å². The first kappa shape index (κ1) is 13.1. The van der Waals surface area contributed by atoms with Crippen LogP contribution in [0.3, 0.4) is 0 Å². The number of benzene rings is 1. The van der Waals surface area contributed by atoms with Crippen LogP contribution in [-0.2, 0) is 0 Å². The highest BCUT2D eigenvalue weighted by Crippen LogP contribution is 2.28. The van der Waals surface area contributed by atoms with Gasteiger partial charge in [0, 0.05) is 11.5 Å². The van der Waals surface area contributed by atoms with Gasteiger partial charge in [-0.1, -0.05) is 32.0 Å². The monoisotopic (exact) mass is 225 g/mol. The summed E-state index contributed by atoms with van der Waals surface area (Å²) in [6.07, 6.45) is -0.0139.